The number of fused-ring (bicyclic) bond motifs is 2. The van der Waals surface area contributed by atoms with E-state index < -0.39 is 13.0 Å². The smallest absolute Gasteiger partial charge is 0.427 e. The maximum atomic E-state index is 12.0. The second-order valence-corrected chi connectivity index (χ2v) is 8.68. The lowest BCUT2D eigenvalue weighted by Gasteiger charge is -2.21. The van der Waals surface area contributed by atoms with E-state index in [9.17, 15) is 14.8 Å². The zero-order chi connectivity index (χ0) is 24.5. The SMILES string of the molecule is Cc1cc2c(C(N)=O)cccc2n1-c1nc2c(c(NCc3cccc(CB(O)O)c3)n1)COCC2. The molecule has 3 heterocycles. The number of aromatic nitrogens is 3. The van der Waals surface area contributed by atoms with Gasteiger partial charge in [0.2, 0.25) is 11.9 Å². The number of primary amides is 1. The minimum Gasteiger partial charge on any atom is -0.427 e. The van der Waals surface area contributed by atoms with Crippen LogP contribution in [-0.2, 0) is 30.6 Å². The first kappa shape index (κ1) is 23.0. The van der Waals surface area contributed by atoms with Gasteiger partial charge in [-0.25, -0.2) is 4.98 Å². The van der Waals surface area contributed by atoms with Crippen LogP contribution in [0.15, 0.2) is 48.5 Å². The number of ether oxygens (including phenoxy) is 1. The number of nitrogens with two attached hydrogens (primary N) is 1. The molecule has 5 N–H and O–H groups in total. The second kappa shape index (κ2) is 9.49. The van der Waals surface area contributed by atoms with Gasteiger partial charge in [0, 0.05) is 41.5 Å². The van der Waals surface area contributed by atoms with Gasteiger partial charge in [-0.3, -0.25) is 9.36 Å². The fourth-order valence-electron chi connectivity index (χ4n) is 4.57. The lowest BCUT2D eigenvalue weighted by atomic mass is 9.82. The standard InChI is InChI=1S/C25H26BN5O4/c1-15-10-19-18(23(27)32)6-3-7-22(19)31(15)25-29-21-8-9-35-14-20(21)24(30-25)28-13-17-5-2-4-16(11-17)12-26(33)34/h2-7,10-11,33-34H,8-9,12-14H2,1H3,(H2,27,32)(H,28,29,30). The summed E-state index contributed by atoms with van der Waals surface area (Å²) in [5.74, 6) is 0.721. The quantitative estimate of drug-likeness (QED) is 0.303. The Kier molecular flexibility index (Phi) is 6.25. The number of nitrogens with one attached hydrogen (secondary N) is 1. The van der Waals surface area contributed by atoms with Crippen molar-refractivity contribution in [2.75, 3.05) is 11.9 Å². The zero-order valence-electron chi connectivity index (χ0n) is 19.4. The molecule has 0 aliphatic carbocycles. The third-order valence-electron chi connectivity index (χ3n) is 6.18. The van der Waals surface area contributed by atoms with Gasteiger partial charge >= 0.3 is 7.12 Å². The Morgan fingerprint density at radius 3 is 2.77 bits per heavy atom. The van der Waals surface area contributed by atoms with Crippen LogP contribution in [0.4, 0.5) is 5.82 Å². The highest BCUT2D eigenvalue weighted by Crippen LogP contribution is 2.29. The second-order valence-electron chi connectivity index (χ2n) is 8.68. The summed E-state index contributed by atoms with van der Waals surface area (Å²) in [5, 5.41) is 22.8. The lowest BCUT2D eigenvalue weighted by molar-refractivity contribution is 0.100. The van der Waals surface area contributed by atoms with E-state index >= 15 is 0 Å². The van der Waals surface area contributed by atoms with Crippen molar-refractivity contribution in [3.63, 3.8) is 0 Å². The molecule has 0 unspecified atom stereocenters. The molecule has 5 rings (SSSR count). The van der Waals surface area contributed by atoms with Crippen LogP contribution in [0.3, 0.4) is 0 Å². The number of benzene rings is 2. The van der Waals surface area contributed by atoms with E-state index in [0.717, 1.165) is 39.0 Å². The Bertz CT molecular complexity index is 1420. The average molecular weight is 471 g/mol. The van der Waals surface area contributed by atoms with Gasteiger partial charge in [-0.1, -0.05) is 30.3 Å². The number of aryl methyl sites for hydroxylation is 1. The van der Waals surface area contributed by atoms with Crippen LogP contribution in [0, 0.1) is 6.92 Å². The van der Waals surface area contributed by atoms with E-state index in [4.69, 9.17) is 20.4 Å². The van der Waals surface area contributed by atoms with Crippen LogP contribution >= 0.6 is 0 Å². The van der Waals surface area contributed by atoms with Crippen LogP contribution in [0.25, 0.3) is 16.9 Å². The molecule has 178 valence electrons. The summed E-state index contributed by atoms with van der Waals surface area (Å²) in [6.07, 6.45) is 0.843. The zero-order valence-corrected chi connectivity index (χ0v) is 19.4. The van der Waals surface area contributed by atoms with Crippen molar-refractivity contribution in [3.05, 3.63) is 82.2 Å². The first-order valence-electron chi connectivity index (χ1n) is 11.5. The molecule has 0 radical (unpaired) electrons. The van der Waals surface area contributed by atoms with Gasteiger partial charge in [0.1, 0.15) is 5.82 Å². The van der Waals surface area contributed by atoms with Gasteiger partial charge in [0.05, 0.1) is 24.4 Å². The highest BCUT2D eigenvalue weighted by atomic mass is 16.5. The van der Waals surface area contributed by atoms with Gasteiger partial charge in [0.25, 0.3) is 0 Å². The minimum absolute atomic E-state index is 0.169. The molecule has 1 amide bonds. The summed E-state index contributed by atoms with van der Waals surface area (Å²) >= 11 is 0. The number of hydrogen-bond donors (Lipinski definition) is 4. The third-order valence-corrected chi connectivity index (χ3v) is 6.18. The maximum Gasteiger partial charge on any atom is 0.456 e. The fraction of sp³-hybridized carbons (Fsp3) is 0.240. The van der Waals surface area contributed by atoms with Gasteiger partial charge in [0.15, 0.2) is 0 Å². The summed E-state index contributed by atoms with van der Waals surface area (Å²) in [4.78, 5) is 21.7. The summed E-state index contributed by atoms with van der Waals surface area (Å²) < 4.78 is 7.62. The molecule has 4 aromatic rings. The topological polar surface area (TPSA) is 136 Å². The first-order chi connectivity index (χ1) is 16.9. The van der Waals surface area contributed by atoms with Gasteiger partial charge in [-0.2, -0.15) is 4.98 Å². The minimum atomic E-state index is -1.39. The third kappa shape index (κ3) is 4.63. The molecule has 0 fully saturated rings. The lowest BCUT2D eigenvalue weighted by Crippen LogP contribution is -2.19. The number of carbonyl (C=O) groups is 1. The van der Waals surface area contributed by atoms with Crippen molar-refractivity contribution in [1.82, 2.24) is 14.5 Å². The first-order valence-corrected chi connectivity index (χ1v) is 11.5. The van der Waals surface area contributed by atoms with E-state index in [0.29, 0.717) is 43.5 Å². The number of carbonyl (C=O) groups excluding carboxylic acids is 1. The molecule has 0 bridgehead atoms. The highest BCUT2D eigenvalue weighted by Gasteiger charge is 2.21. The number of anilines is 1. The molecule has 9 nitrogen and oxygen atoms in total. The number of rotatable bonds is 7. The van der Waals surface area contributed by atoms with E-state index in [2.05, 4.69) is 5.32 Å². The molecule has 0 saturated heterocycles. The monoisotopic (exact) mass is 471 g/mol. The van der Waals surface area contributed by atoms with Crippen molar-refractivity contribution in [3.8, 4) is 5.95 Å². The number of nitrogens with zero attached hydrogens (tertiary/aromatic N) is 3. The van der Waals surface area contributed by atoms with Crippen LogP contribution < -0.4 is 11.1 Å². The maximum absolute atomic E-state index is 12.0. The Balaban J connectivity index is 1.54. The molecule has 2 aromatic heterocycles. The molecule has 2 aromatic carbocycles. The van der Waals surface area contributed by atoms with Gasteiger partial charge < -0.3 is 25.8 Å². The van der Waals surface area contributed by atoms with Crippen LogP contribution in [-0.4, -0.2) is 44.2 Å². The largest absolute Gasteiger partial charge is 0.456 e. The molecular formula is C25H26BN5O4. The Labute approximate surface area is 202 Å². The van der Waals surface area contributed by atoms with E-state index in [-0.39, 0.29) is 6.32 Å². The van der Waals surface area contributed by atoms with Crippen molar-refractivity contribution in [2.45, 2.75) is 32.8 Å². The highest BCUT2D eigenvalue weighted by molar-refractivity contribution is 6.40. The van der Waals surface area contributed by atoms with Crippen molar-refractivity contribution in [2.24, 2.45) is 5.73 Å². The van der Waals surface area contributed by atoms with E-state index in [1.807, 2.05) is 47.9 Å². The van der Waals surface area contributed by atoms with Crippen LogP contribution in [0.2, 0.25) is 0 Å². The van der Waals surface area contributed by atoms with Gasteiger partial charge in [-0.15, -0.1) is 0 Å². The number of hydrogen-bond acceptors (Lipinski definition) is 7. The van der Waals surface area contributed by atoms with Crippen molar-refractivity contribution >= 4 is 29.7 Å². The Hall–Kier alpha value is -3.73. The normalized spacial score (nSPS) is 13.0. The summed E-state index contributed by atoms with van der Waals surface area (Å²) in [6.45, 7) is 3.46. The molecule has 0 saturated carbocycles. The molecule has 1 aliphatic heterocycles. The van der Waals surface area contributed by atoms with Crippen LogP contribution in [0.1, 0.15) is 38.4 Å². The van der Waals surface area contributed by atoms with Gasteiger partial charge in [-0.05, 0) is 36.2 Å². The predicted molar refractivity (Wildman–Crippen MR) is 133 cm³/mol. The van der Waals surface area contributed by atoms with Crippen molar-refractivity contribution < 1.29 is 19.6 Å². The molecule has 0 atom stereocenters. The summed E-state index contributed by atoms with van der Waals surface area (Å²) in [6, 6.07) is 15.0. The Morgan fingerprint density at radius 2 is 1.97 bits per heavy atom. The van der Waals surface area contributed by atoms with E-state index in [1.54, 1.807) is 12.1 Å². The molecule has 0 spiro atoms. The van der Waals surface area contributed by atoms with E-state index in [1.165, 1.54) is 0 Å². The molecule has 10 heteroatoms. The summed E-state index contributed by atoms with van der Waals surface area (Å²) in [5.41, 5.74) is 11.4. The summed E-state index contributed by atoms with van der Waals surface area (Å²) in [7, 11) is -1.39. The predicted octanol–water partition coefficient (Wildman–Crippen LogP) is 2.07. The molecule has 1 aliphatic rings. The number of amides is 1. The molecule has 35 heavy (non-hydrogen) atoms. The molecular weight excluding hydrogens is 445 g/mol. The average Bonchev–Trinajstić information content (AvgIpc) is 3.17. The Morgan fingerprint density at radius 1 is 1.17 bits per heavy atom. The van der Waals surface area contributed by atoms with Crippen molar-refractivity contribution in [1.29, 1.82) is 0 Å². The fourth-order valence-corrected chi connectivity index (χ4v) is 4.57. The van der Waals surface area contributed by atoms with Crippen LogP contribution in [0.5, 0.6) is 0 Å².